The van der Waals surface area contributed by atoms with Gasteiger partial charge in [0.15, 0.2) is 0 Å². The summed E-state index contributed by atoms with van der Waals surface area (Å²) in [7, 11) is 0. The first-order chi connectivity index (χ1) is 12.8. The van der Waals surface area contributed by atoms with Gasteiger partial charge in [-0.25, -0.2) is 0 Å². The molecule has 0 aliphatic carbocycles. The van der Waals surface area contributed by atoms with Crippen LogP contribution in [0.2, 0.25) is 0 Å². The van der Waals surface area contributed by atoms with E-state index in [1.807, 2.05) is 13.8 Å². The summed E-state index contributed by atoms with van der Waals surface area (Å²) in [4.78, 5) is 0. The van der Waals surface area contributed by atoms with E-state index in [0.717, 1.165) is 6.42 Å². The van der Waals surface area contributed by atoms with Crippen molar-refractivity contribution in [3.05, 3.63) is 0 Å². The quantitative estimate of drug-likeness (QED) is 0.239. The van der Waals surface area contributed by atoms with E-state index in [1.54, 1.807) is 6.92 Å². The van der Waals surface area contributed by atoms with Gasteiger partial charge >= 0.3 is 0 Å². The molecule has 0 rings (SSSR count). The van der Waals surface area contributed by atoms with Gasteiger partial charge in [0.2, 0.25) is 0 Å². The average Bonchev–Trinajstić information content (AvgIpc) is 2.62. The first-order valence-electron chi connectivity index (χ1n) is 12.2. The van der Waals surface area contributed by atoms with Crippen molar-refractivity contribution in [3.63, 3.8) is 0 Å². The van der Waals surface area contributed by atoms with Gasteiger partial charge in [-0.2, -0.15) is 0 Å². The lowest BCUT2D eigenvalue weighted by atomic mass is 10.00. The van der Waals surface area contributed by atoms with Gasteiger partial charge in [-0.1, -0.05) is 132 Å². The largest absolute Gasteiger partial charge is 0.393 e. The third kappa shape index (κ3) is 28.1. The topological polar surface area (TPSA) is 40.5 Å². The van der Waals surface area contributed by atoms with Crippen LogP contribution in [-0.4, -0.2) is 22.4 Å². The summed E-state index contributed by atoms with van der Waals surface area (Å²) in [5.41, 5.74) is 0. The van der Waals surface area contributed by atoms with Crippen molar-refractivity contribution in [3.8, 4) is 0 Å². The second kappa shape index (κ2) is 25.0. The maximum atomic E-state index is 9.72. The van der Waals surface area contributed by atoms with E-state index in [2.05, 4.69) is 20.8 Å². The number of hydrogen-bond donors (Lipinski definition) is 2. The molecule has 0 aliphatic rings. The average molecular weight is 403 g/mol. The molecule has 0 aromatic heterocycles. The molecular formula is C26H58O2. The van der Waals surface area contributed by atoms with Gasteiger partial charge in [-0.05, 0) is 25.2 Å². The van der Waals surface area contributed by atoms with E-state index in [4.69, 9.17) is 5.11 Å². The van der Waals surface area contributed by atoms with E-state index >= 15 is 0 Å². The third-order valence-corrected chi connectivity index (χ3v) is 5.59. The van der Waals surface area contributed by atoms with Crippen molar-refractivity contribution in [2.75, 3.05) is 0 Å². The molecule has 0 aromatic rings. The highest BCUT2D eigenvalue weighted by atomic mass is 16.3. The van der Waals surface area contributed by atoms with Crippen LogP contribution in [-0.2, 0) is 0 Å². The number of unbranched alkanes of at least 4 members (excludes halogenated alkanes) is 13. The molecule has 0 saturated heterocycles. The Morgan fingerprint density at radius 1 is 0.500 bits per heavy atom. The van der Waals surface area contributed by atoms with Crippen molar-refractivity contribution in [1.82, 2.24) is 0 Å². The molecule has 0 saturated carbocycles. The molecule has 0 unspecified atom stereocenters. The van der Waals surface area contributed by atoms with E-state index < -0.39 is 0 Å². The smallest absolute Gasteiger partial charge is 0.0563 e. The summed E-state index contributed by atoms with van der Waals surface area (Å²) in [6, 6.07) is 0. The molecule has 2 nitrogen and oxygen atoms in total. The van der Waals surface area contributed by atoms with Crippen LogP contribution in [0.25, 0.3) is 0 Å². The predicted octanol–water partition coefficient (Wildman–Crippen LogP) is 8.53. The standard InChI is InChI=1S/C20H42O.C5H12O.CH4/c1-4-5-6-7-8-9-10-11-12-13-14-15-16-17-18-20(21)19(2)3;1-4(2)5(3)6;/h19-21H,4-18H2,1-3H3;4-6H,1-3H3;1H4/t20-;5-;/m10./s1. The SMILES string of the molecule is C.CC(C)[C@H](C)O.CCCCCCCCCCCCCCCC[C@@H](O)C(C)C. The van der Waals surface area contributed by atoms with Gasteiger partial charge in [-0.15, -0.1) is 0 Å². The van der Waals surface area contributed by atoms with Crippen molar-refractivity contribution in [2.45, 2.75) is 157 Å². The van der Waals surface area contributed by atoms with Crippen LogP contribution in [0.5, 0.6) is 0 Å². The molecule has 0 heterocycles. The zero-order chi connectivity index (χ0) is 20.9. The fraction of sp³-hybridized carbons (Fsp3) is 1.00. The van der Waals surface area contributed by atoms with E-state index in [-0.39, 0.29) is 19.6 Å². The van der Waals surface area contributed by atoms with E-state index in [9.17, 15) is 5.11 Å². The molecule has 0 fully saturated rings. The third-order valence-electron chi connectivity index (χ3n) is 5.59. The van der Waals surface area contributed by atoms with Crippen LogP contribution in [0, 0.1) is 11.8 Å². The van der Waals surface area contributed by atoms with Crippen LogP contribution < -0.4 is 0 Å². The lowest BCUT2D eigenvalue weighted by Gasteiger charge is -2.13. The summed E-state index contributed by atoms with van der Waals surface area (Å²) in [6.45, 7) is 12.3. The highest BCUT2D eigenvalue weighted by Crippen LogP contribution is 2.15. The van der Waals surface area contributed by atoms with Gasteiger partial charge < -0.3 is 10.2 Å². The number of hydrogen-bond acceptors (Lipinski definition) is 2. The Hall–Kier alpha value is -0.0800. The Morgan fingerprint density at radius 3 is 1.04 bits per heavy atom. The van der Waals surface area contributed by atoms with Crippen LogP contribution in [0.3, 0.4) is 0 Å². The molecule has 0 aliphatic heterocycles. The second-order valence-corrected chi connectivity index (χ2v) is 9.18. The van der Waals surface area contributed by atoms with E-state index in [0.29, 0.717) is 11.8 Å². The van der Waals surface area contributed by atoms with Crippen LogP contribution in [0.1, 0.15) is 145 Å². The van der Waals surface area contributed by atoms with Crippen molar-refractivity contribution < 1.29 is 10.2 Å². The molecule has 2 heteroatoms. The van der Waals surface area contributed by atoms with Crippen molar-refractivity contribution in [1.29, 1.82) is 0 Å². The second-order valence-electron chi connectivity index (χ2n) is 9.18. The van der Waals surface area contributed by atoms with Gasteiger partial charge in [0.1, 0.15) is 0 Å². The first-order valence-corrected chi connectivity index (χ1v) is 12.2. The monoisotopic (exact) mass is 402 g/mol. The molecule has 174 valence electrons. The highest BCUT2D eigenvalue weighted by Gasteiger charge is 2.07. The first kappa shape index (κ1) is 32.6. The number of aliphatic hydroxyl groups is 2. The summed E-state index contributed by atoms with van der Waals surface area (Å²) in [5.74, 6) is 0.831. The minimum atomic E-state index is -0.148. The zero-order valence-electron chi connectivity index (χ0n) is 19.8. The maximum Gasteiger partial charge on any atom is 0.0563 e. The van der Waals surface area contributed by atoms with E-state index in [1.165, 1.54) is 89.9 Å². The molecule has 0 spiro atoms. The molecule has 0 radical (unpaired) electrons. The van der Waals surface area contributed by atoms with Gasteiger partial charge in [-0.3, -0.25) is 0 Å². The Morgan fingerprint density at radius 2 is 0.786 bits per heavy atom. The summed E-state index contributed by atoms with van der Waals surface area (Å²) < 4.78 is 0. The normalized spacial score (nSPS) is 13.1. The lowest BCUT2D eigenvalue weighted by molar-refractivity contribution is 0.113. The number of rotatable bonds is 17. The Labute approximate surface area is 179 Å². The fourth-order valence-corrected chi connectivity index (χ4v) is 2.88. The molecule has 0 amide bonds. The maximum absolute atomic E-state index is 9.72. The molecule has 2 N–H and O–H groups in total. The zero-order valence-corrected chi connectivity index (χ0v) is 19.8. The van der Waals surface area contributed by atoms with Crippen LogP contribution in [0.15, 0.2) is 0 Å². The van der Waals surface area contributed by atoms with Crippen LogP contribution in [0.4, 0.5) is 0 Å². The van der Waals surface area contributed by atoms with Crippen LogP contribution >= 0.6 is 0 Å². The Balaban J connectivity index is -0.000000771. The Bertz CT molecular complexity index is 255. The van der Waals surface area contributed by atoms with Crippen molar-refractivity contribution >= 4 is 0 Å². The molecule has 2 atom stereocenters. The molecular weight excluding hydrogens is 344 g/mol. The molecule has 28 heavy (non-hydrogen) atoms. The predicted molar refractivity (Wildman–Crippen MR) is 129 cm³/mol. The van der Waals surface area contributed by atoms with Gasteiger partial charge in [0.05, 0.1) is 12.2 Å². The fourth-order valence-electron chi connectivity index (χ4n) is 2.88. The highest BCUT2D eigenvalue weighted by molar-refractivity contribution is 4.59. The van der Waals surface area contributed by atoms with Gasteiger partial charge in [0.25, 0.3) is 0 Å². The Kier molecular flexibility index (Phi) is 29.0. The molecule has 0 bridgehead atoms. The summed E-state index contributed by atoms with van der Waals surface area (Å²) in [6.07, 6.45) is 20.4. The minimum Gasteiger partial charge on any atom is -0.393 e. The molecule has 0 aromatic carbocycles. The summed E-state index contributed by atoms with van der Waals surface area (Å²) in [5, 5.41) is 18.3. The van der Waals surface area contributed by atoms with Crippen molar-refractivity contribution in [2.24, 2.45) is 11.8 Å². The summed E-state index contributed by atoms with van der Waals surface area (Å²) >= 11 is 0. The lowest BCUT2D eigenvalue weighted by Crippen LogP contribution is -2.13. The minimum absolute atomic E-state index is 0. The number of aliphatic hydroxyl groups excluding tert-OH is 2. The van der Waals surface area contributed by atoms with Gasteiger partial charge in [0, 0.05) is 0 Å².